The van der Waals surface area contributed by atoms with Gasteiger partial charge in [-0.1, -0.05) is 32.6 Å². The van der Waals surface area contributed by atoms with Crippen molar-refractivity contribution < 1.29 is 9.18 Å². The Morgan fingerprint density at radius 2 is 2.06 bits per heavy atom. The highest BCUT2D eigenvalue weighted by Gasteiger charge is 2.50. The number of rotatable bonds is 8. The minimum atomic E-state index is -0.808. The van der Waals surface area contributed by atoms with Crippen molar-refractivity contribution in [3.63, 3.8) is 0 Å². The number of hydrogen-bond donors (Lipinski definition) is 3. The van der Waals surface area contributed by atoms with Gasteiger partial charge in [0.05, 0.1) is 17.4 Å². The normalized spacial score (nSPS) is 20.3. The Kier molecular flexibility index (Phi) is 8.33. The van der Waals surface area contributed by atoms with Gasteiger partial charge in [0, 0.05) is 36.7 Å². The maximum Gasteiger partial charge on any atom is 0.259 e. The number of carbonyl (C=O) groups excluding carboxylic acids is 1. The van der Waals surface area contributed by atoms with E-state index in [9.17, 15) is 9.18 Å². The van der Waals surface area contributed by atoms with Crippen molar-refractivity contribution in [3.05, 3.63) is 71.7 Å². The average Bonchev–Trinajstić information content (AvgIpc) is 2.82. The van der Waals surface area contributed by atoms with Gasteiger partial charge in [-0.15, -0.1) is 0 Å². The first-order valence-electron chi connectivity index (χ1n) is 12.3. The van der Waals surface area contributed by atoms with E-state index in [1.54, 1.807) is 20.2 Å². The summed E-state index contributed by atoms with van der Waals surface area (Å²) < 4.78 is 13.6. The molecule has 1 aliphatic rings. The van der Waals surface area contributed by atoms with Gasteiger partial charge in [0.1, 0.15) is 5.84 Å². The van der Waals surface area contributed by atoms with Gasteiger partial charge in [-0.3, -0.25) is 14.8 Å². The fraction of sp³-hybridized carbons (Fsp3) is 0.414. The minimum Gasteiger partial charge on any atom is -0.404 e. The van der Waals surface area contributed by atoms with Crippen molar-refractivity contribution in [2.75, 3.05) is 12.4 Å². The van der Waals surface area contributed by atoms with Crippen LogP contribution in [0.4, 0.5) is 10.1 Å². The van der Waals surface area contributed by atoms with Crippen LogP contribution in [0.15, 0.2) is 54.3 Å². The zero-order chi connectivity index (χ0) is 26.6. The van der Waals surface area contributed by atoms with Crippen molar-refractivity contribution >= 4 is 28.7 Å². The molecule has 1 amide bonds. The molecule has 3 rings (SSSR count). The van der Waals surface area contributed by atoms with Gasteiger partial charge in [0.2, 0.25) is 0 Å². The van der Waals surface area contributed by atoms with Crippen LogP contribution in [0, 0.1) is 31.1 Å². The summed E-state index contributed by atoms with van der Waals surface area (Å²) in [6.45, 7) is 14.1. The first-order chi connectivity index (χ1) is 17.0. The lowest BCUT2D eigenvalue weighted by Crippen LogP contribution is -2.52. The maximum absolute atomic E-state index is 13.6. The third-order valence-corrected chi connectivity index (χ3v) is 7.37. The quantitative estimate of drug-likeness (QED) is 0.253. The van der Waals surface area contributed by atoms with E-state index in [0.29, 0.717) is 35.0 Å². The van der Waals surface area contributed by atoms with E-state index >= 15 is 0 Å². The second-order valence-electron chi connectivity index (χ2n) is 10.3. The largest absolute Gasteiger partial charge is 0.404 e. The van der Waals surface area contributed by atoms with Crippen LogP contribution in [-0.2, 0) is 4.79 Å². The van der Waals surface area contributed by atoms with E-state index in [-0.39, 0.29) is 17.2 Å². The molecular formula is C29H38FN5O. The lowest BCUT2D eigenvalue weighted by molar-refractivity contribution is -0.111. The summed E-state index contributed by atoms with van der Waals surface area (Å²) in [5.41, 5.74) is 10.6. The number of anilines is 1. The number of carbonyl (C=O) groups is 1. The summed E-state index contributed by atoms with van der Waals surface area (Å²) in [5.74, 6) is 1.03. The third-order valence-electron chi connectivity index (χ3n) is 7.37. The Balaban J connectivity index is 1.74. The van der Waals surface area contributed by atoms with Gasteiger partial charge in [-0.2, -0.15) is 0 Å². The molecule has 0 saturated heterocycles. The number of aryl methyl sites for hydroxylation is 2. The van der Waals surface area contributed by atoms with Crippen LogP contribution in [0.1, 0.15) is 56.0 Å². The standard InChI is InChI=1S/C29H38FN5O/c1-17-10-11-33-26(12-17)23(16-31)28(36)35-25-14-21(9-8-18(25)2)20(4)34-27(32-7)24-15-22(13-19(3)30)29(24,5)6/h8-12,14,16,19,22,24H,4,13,15,31H2,1-3,5-7H3,(H,32,34)(H,35,36)/b23-16+. The van der Waals surface area contributed by atoms with Crippen molar-refractivity contribution in [1.29, 1.82) is 0 Å². The number of nitrogens with two attached hydrogens (primary N) is 1. The number of benzene rings is 1. The van der Waals surface area contributed by atoms with Crippen molar-refractivity contribution in [1.82, 2.24) is 10.3 Å². The number of pyridine rings is 1. The maximum atomic E-state index is 13.6. The molecule has 3 unspecified atom stereocenters. The van der Waals surface area contributed by atoms with Gasteiger partial charge in [-0.05, 0) is 79.8 Å². The van der Waals surface area contributed by atoms with Crippen LogP contribution < -0.4 is 16.4 Å². The molecular weight excluding hydrogens is 453 g/mol. The van der Waals surface area contributed by atoms with Crippen molar-refractivity contribution in [2.24, 2.45) is 28.0 Å². The van der Waals surface area contributed by atoms with E-state index in [4.69, 9.17) is 5.73 Å². The fourth-order valence-corrected chi connectivity index (χ4v) is 4.89. The molecule has 1 aromatic carbocycles. The zero-order valence-electron chi connectivity index (χ0n) is 22.2. The highest BCUT2D eigenvalue weighted by Crippen LogP contribution is 2.53. The van der Waals surface area contributed by atoms with Gasteiger partial charge in [-0.25, -0.2) is 4.39 Å². The van der Waals surface area contributed by atoms with Crippen LogP contribution in [0.3, 0.4) is 0 Å². The predicted molar refractivity (Wildman–Crippen MR) is 147 cm³/mol. The third kappa shape index (κ3) is 5.83. The molecule has 1 saturated carbocycles. The van der Waals surface area contributed by atoms with Gasteiger partial charge in [0.15, 0.2) is 0 Å². The molecule has 6 nitrogen and oxygen atoms in total. The smallest absolute Gasteiger partial charge is 0.259 e. The number of halogens is 1. The van der Waals surface area contributed by atoms with Crippen molar-refractivity contribution in [2.45, 2.75) is 53.6 Å². The SMILES string of the molecule is C=C(NC(=NC)C1CC(CC(C)F)C1(C)C)c1ccc(C)c(NC(=O)/C(=C/N)c2cc(C)ccn2)c1. The topological polar surface area (TPSA) is 92.4 Å². The second-order valence-corrected chi connectivity index (χ2v) is 10.3. The van der Waals surface area contributed by atoms with E-state index in [0.717, 1.165) is 28.9 Å². The molecule has 3 atom stereocenters. The number of nitrogens with one attached hydrogen (secondary N) is 2. The fourth-order valence-electron chi connectivity index (χ4n) is 4.89. The molecule has 36 heavy (non-hydrogen) atoms. The van der Waals surface area contributed by atoms with E-state index in [1.165, 1.54) is 6.20 Å². The Bertz CT molecular complexity index is 1200. The molecule has 1 fully saturated rings. The Morgan fingerprint density at radius 3 is 2.64 bits per heavy atom. The molecule has 4 N–H and O–H groups in total. The highest BCUT2D eigenvalue weighted by molar-refractivity contribution is 6.24. The summed E-state index contributed by atoms with van der Waals surface area (Å²) in [4.78, 5) is 21.8. The lowest BCUT2D eigenvalue weighted by atomic mass is 9.53. The van der Waals surface area contributed by atoms with E-state index in [2.05, 4.69) is 41.0 Å². The first kappa shape index (κ1) is 27.1. The molecule has 0 aliphatic heterocycles. The van der Waals surface area contributed by atoms with Gasteiger partial charge < -0.3 is 16.4 Å². The highest BCUT2D eigenvalue weighted by atomic mass is 19.1. The molecule has 192 valence electrons. The first-order valence-corrected chi connectivity index (χ1v) is 12.3. The number of alkyl halides is 1. The number of aromatic nitrogens is 1. The Labute approximate surface area is 214 Å². The lowest BCUT2D eigenvalue weighted by Gasteiger charge is -2.53. The molecule has 7 heteroatoms. The van der Waals surface area contributed by atoms with Gasteiger partial charge in [0.25, 0.3) is 5.91 Å². The number of hydrogen-bond acceptors (Lipinski definition) is 4. The molecule has 1 heterocycles. The molecule has 0 spiro atoms. The summed E-state index contributed by atoms with van der Waals surface area (Å²) in [6.07, 6.45) is 3.58. The Morgan fingerprint density at radius 1 is 1.33 bits per heavy atom. The van der Waals surface area contributed by atoms with Crippen LogP contribution in [0.2, 0.25) is 0 Å². The van der Waals surface area contributed by atoms with Crippen molar-refractivity contribution in [3.8, 4) is 0 Å². The molecule has 1 aliphatic carbocycles. The molecule has 1 aromatic heterocycles. The molecule has 0 bridgehead atoms. The summed E-state index contributed by atoms with van der Waals surface area (Å²) in [6, 6.07) is 9.45. The molecule has 2 aromatic rings. The Hall–Kier alpha value is -3.48. The average molecular weight is 492 g/mol. The van der Waals surface area contributed by atoms with Crippen LogP contribution in [0.25, 0.3) is 11.3 Å². The second kappa shape index (κ2) is 11.1. The minimum absolute atomic E-state index is 0.0519. The molecule has 0 radical (unpaired) electrons. The van der Waals surface area contributed by atoms with E-state index in [1.807, 2.05) is 44.2 Å². The van der Waals surface area contributed by atoms with E-state index < -0.39 is 6.17 Å². The van der Waals surface area contributed by atoms with Crippen LogP contribution in [0.5, 0.6) is 0 Å². The van der Waals surface area contributed by atoms with Crippen LogP contribution in [-0.4, -0.2) is 29.9 Å². The summed E-state index contributed by atoms with van der Waals surface area (Å²) in [5, 5.41) is 6.35. The zero-order valence-corrected chi connectivity index (χ0v) is 22.2. The predicted octanol–water partition coefficient (Wildman–Crippen LogP) is 5.64. The van der Waals surface area contributed by atoms with Gasteiger partial charge >= 0.3 is 0 Å². The number of aliphatic imine (C=N–C) groups is 1. The summed E-state index contributed by atoms with van der Waals surface area (Å²) >= 11 is 0. The summed E-state index contributed by atoms with van der Waals surface area (Å²) in [7, 11) is 1.76. The monoisotopic (exact) mass is 491 g/mol. The van der Waals surface area contributed by atoms with Crippen LogP contribution >= 0.6 is 0 Å². The number of amides is 1. The number of amidine groups is 1. The number of nitrogens with zero attached hydrogens (tertiary/aromatic N) is 2.